The normalized spacial score (nSPS) is 10.3. The maximum Gasteiger partial charge on any atom is 0.159 e. The van der Waals surface area contributed by atoms with Crippen LogP contribution in [0.2, 0.25) is 0 Å². The Balaban J connectivity index is 2.12. The second kappa shape index (κ2) is 4.90. The molecule has 3 heteroatoms. The number of anilines is 1. The summed E-state index contributed by atoms with van der Waals surface area (Å²) in [6, 6.07) is 17.8. The van der Waals surface area contributed by atoms with E-state index in [1.807, 2.05) is 30.3 Å². The minimum atomic E-state index is 0.687. The van der Waals surface area contributed by atoms with Crippen LogP contribution < -0.4 is 5.73 Å². The largest absolute Gasteiger partial charge is 0.399 e. The maximum atomic E-state index is 5.98. The molecule has 3 nitrogen and oxygen atoms in total. The lowest BCUT2D eigenvalue weighted by Gasteiger charge is -2.07. The second-order valence-electron chi connectivity index (χ2n) is 4.28. The van der Waals surface area contributed by atoms with Gasteiger partial charge in [0, 0.05) is 23.6 Å². The molecule has 0 fully saturated rings. The van der Waals surface area contributed by atoms with Gasteiger partial charge in [0.25, 0.3) is 0 Å². The van der Waals surface area contributed by atoms with Crippen LogP contribution in [0.5, 0.6) is 0 Å². The van der Waals surface area contributed by atoms with Gasteiger partial charge in [-0.05, 0) is 35.4 Å². The lowest BCUT2D eigenvalue weighted by atomic mass is 10.0. The second-order valence-corrected chi connectivity index (χ2v) is 4.28. The summed E-state index contributed by atoms with van der Waals surface area (Å²) in [5, 5.41) is 0. The quantitative estimate of drug-likeness (QED) is 0.706. The standard InChI is InChI=1S/C16H13N3/c17-15-10-13(12-5-2-1-3-6-12)9-14(11-15)16-18-7-4-8-19-16/h1-11H,17H2. The van der Waals surface area contributed by atoms with E-state index in [2.05, 4.69) is 28.2 Å². The molecule has 0 aliphatic carbocycles. The third kappa shape index (κ3) is 2.45. The molecule has 92 valence electrons. The molecule has 0 bridgehead atoms. The average molecular weight is 247 g/mol. The lowest BCUT2D eigenvalue weighted by Crippen LogP contribution is -1.91. The molecule has 1 heterocycles. The van der Waals surface area contributed by atoms with Crippen molar-refractivity contribution >= 4 is 5.69 Å². The zero-order chi connectivity index (χ0) is 13.1. The fourth-order valence-corrected chi connectivity index (χ4v) is 2.03. The summed E-state index contributed by atoms with van der Waals surface area (Å²) in [6.07, 6.45) is 3.46. The summed E-state index contributed by atoms with van der Waals surface area (Å²) in [4.78, 5) is 8.52. The van der Waals surface area contributed by atoms with Gasteiger partial charge in [0.2, 0.25) is 0 Å². The first-order valence-corrected chi connectivity index (χ1v) is 6.06. The van der Waals surface area contributed by atoms with Gasteiger partial charge in [0.05, 0.1) is 0 Å². The summed E-state index contributed by atoms with van der Waals surface area (Å²) in [6.45, 7) is 0. The van der Waals surface area contributed by atoms with Gasteiger partial charge in [-0.25, -0.2) is 9.97 Å². The fourth-order valence-electron chi connectivity index (χ4n) is 2.03. The van der Waals surface area contributed by atoms with Crippen LogP contribution in [0.3, 0.4) is 0 Å². The first-order valence-electron chi connectivity index (χ1n) is 6.06. The summed E-state index contributed by atoms with van der Waals surface area (Å²) >= 11 is 0. The first kappa shape index (κ1) is 11.4. The molecule has 0 unspecified atom stereocenters. The molecule has 0 atom stereocenters. The highest BCUT2D eigenvalue weighted by molar-refractivity contribution is 5.74. The van der Waals surface area contributed by atoms with Crippen molar-refractivity contribution in [2.24, 2.45) is 0 Å². The highest BCUT2D eigenvalue weighted by Crippen LogP contribution is 2.27. The number of benzene rings is 2. The highest BCUT2D eigenvalue weighted by atomic mass is 14.8. The van der Waals surface area contributed by atoms with E-state index in [1.54, 1.807) is 18.5 Å². The Kier molecular flexibility index (Phi) is 2.94. The van der Waals surface area contributed by atoms with Crippen molar-refractivity contribution in [2.45, 2.75) is 0 Å². The molecule has 3 rings (SSSR count). The Morgan fingerprint density at radius 1 is 0.684 bits per heavy atom. The van der Waals surface area contributed by atoms with E-state index in [1.165, 1.54) is 0 Å². The van der Waals surface area contributed by atoms with Crippen LogP contribution in [0.4, 0.5) is 5.69 Å². The molecule has 3 aromatic rings. The Bertz CT molecular complexity index is 621. The van der Waals surface area contributed by atoms with Crippen LogP contribution in [0.15, 0.2) is 67.0 Å². The Morgan fingerprint density at radius 3 is 2.11 bits per heavy atom. The van der Waals surface area contributed by atoms with E-state index in [9.17, 15) is 0 Å². The van der Waals surface area contributed by atoms with E-state index in [-0.39, 0.29) is 0 Å². The summed E-state index contributed by atoms with van der Waals surface area (Å²) in [5.41, 5.74) is 9.82. The van der Waals surface area contributed by atoms with Crippen molar-refractivity contribution in [3.05, 3.63) is 67.0 Å². The molecule has 0 radical (unpaired) electrons. The number of nitrogen functional groups attached to an aromatic ring is 1. The van der Waals surface area contributed by atoms with Crippen molar-refractivity contribution in [1.82, 2.24) is 9.97 Å². The van der Waals surface area contributed by atoms with Gasteiger partial charge in [-0.1, -0.05) is 30.3 Å². The van der Waals surface area contributed by atoms with Crippen LogP contribution in [0.25, 0.3) is 22.5 Å². The fraction of sp³-hybridized carbons (Fsp3) is 0. The molecular weight excluding hydrogens is 234 g/mol. The molecule has 0 aliphatic heterocycles. The molecule has 0 saturated heterocycles. The summed E-state index contributed by atoms with van der Waals surface area (Å²) < 4.78 is 0. The number of aromatic nitrogens is 2. The van der Waals surface area contributed by atoms with Crippen molar-refractivity contribution < 1.29 is 0 Å². The minimum absolute atomic E-state index is 0.687. The summed E-state index contributed by atoms with van der Waals surface area (Å²) in [7, 11) is 0. The molecule has 0 saturated carbocycles. The van der Waals surface area contributed by atoms with Gasteiger partial charge >= 0.3 is 0 Å². The maximum absolute atomic E-state index is 5.98. The third-order valence-electron chi connectivity index (χ3n) is 2.89. The zero-order valence-electron chi connectivity index (χ0n) is 10.3. The third-order valence-corrected chi connectivity index (χ3v) is 2.89. The predicted octanol–water partition coefficient (Wildman–Crippen LogP) is 3.39. The van der Waals surface area contributed by atoms with E-state index in [0.717, 1.165) is 16.7 Å². The van der Waals surface area contributed by atoms with Crippen LogP contribution >= 0.6 is 0 Å². The van der Waals surface area contributed by atoms with Gasteiger partial charge < -0.3 is 5.73 Å². The summed E-state index contributed by atoms with van der Waals surface area (Å²) in [5.74, 6) is 0.687. The number of hydrogen-bond acceptors (Lipinski definition) is 3. The van der Waals surface area contributed by atoms with Gasteiger partial charge in [0.15, 0.2) is 5.82 Å². The van der Waals surface area contributed by atoms with E-state index >= 15 is 0 Å². The van der Waals surface area contributed by atoms with E-state index < -0.39 is 0 Å². The zero-order valence-corrected chi connectivity index (χ0v) is 10.3. The van der Waals surface area contributed by atoms with Gasteiger partial charge in [-0.2, -0.15) is 0 Å². The molecule has 19 heavy (non-hydrogen) atoms. The van der Waals surface area contributed by atoms with Crippen LogP contribution in [0.1, 0.15) is 0 Å². The van der Waals surface area contributed by atoms with E-state index in [0.29, 0.717) is 11.5 Å². The van der Waals surface area contributed by atoms with Crippen LogP contribution in [-0.4, -0.2) is 9.97 Å². The molecule has 0 spiro atoms. The van der Waals surface area contributed by atoms with Crippen LogP contribution in [-0.2, 0) is 0 Å². The lowest BCUT2D eigenvalue weighted by molar-refractivity contribution is 1.18. The Morgan fingerprint density at radius 2 is 1.37 bits per heavy atom. The SMILES string of the molecule is Nc1cc(-c2ccccc2)cc(-c2ncccn2)c1. The van der Waals surface area contributed by atoms with E-state index in [4.69, 9.17) is 5.73 Å². The Labute approximate surface area is 111 Å². The van der Waals surface area contributed by atoms with Crippen molar-refractivity contribution in [1.29, 1.82) is 0 Å². The smallest absolute Gasteiger partial charge is 0.159 e. The monoisotopic (exact) mass is 247 g/mol. The molecule has 0 aliphatic rings. The van der Waals surface area contributed by atoms with Gasteiger partial charge in [0.1, 0.15) is 0 Å². The van der Waals surface area contributed by atoms with Gasteiger partial charge in [-0.15, -0.1) is 0 Å². The highest BCUT2D eigenvalue weighted by Gasteiger charge is 2.05. The first-order chi connectivity index (χ1) is 9.33. The molecular formula is C16H13N3. The minimum Gasteiger partial charge on any atom is -0.399 e. The number of rotatable bonds is 2. The van der Waals surface area contributed by atoms with Crippen molar-refractivity contribution in [3.8, 4) is 22.5 Å². The topological polar surface area (TPSA) is 51.8 Å². The average Bonchev–Trinajstić information content (AvgIpc) is 2.48. The van der Waals surface area contributed by atoms with Gasteiger partial charge in [-0.3, -0.25) is 0 Å². The molecule has 2 N–H and O–H groups in total. The number of nitrogens with zero attached hydrogens (tertiary/aromatic N) is 2. The molecule has 2 aromatic carbocycles. The molecule has 0 amide bonds. The van der Waals surface area contributed by atoms with Crippen molar-refractivity contribution in [2.75, 3.05) is 5.73 Å². The Hall–Kier alpha value is -2.68. The van der Waals surface area contributed by atoms with Crippen molar-refractivity contribution in [3.63, 3.8) is 0 Å². The number of hydrogen-bond donors (Lipinski definition) is 1. The molecule has 1 aromatic heterocycles. The predicted molar refractivity (Wildman–Crippen MR) is 77.3 cm³/mol. The number of nitrogens with two attached hydrogens (primary N) is 1. The van der Waals surface area contributed by atoms with Crippen LogP contribution in [0, 0.1) is 0 Å².